The highest BCUT2D eigenvalue weighted by Crippen LogP contribution is 2.40. The third kappa shape index (κ3) is 3.71. The molecule has 11 heteroatoms. The minimum atomic E-state index is -1.83. The number of carbonyl (C=O) groups is 1. The molecule has 0 unspecified atom stereocenters. The number of ether oxygens (including phenoxy) is 3. The van der Waals surface area contributed by atoms with Crippen molar-refractivity contribution < 1.29 is 39.4 Å². The number of anilines is 2. The van der Waals surface area contributed by atoms with Crippen molar-refractivity contribution in [3.05, 3.63) is 53.6 Å². The van der Waals surface area contributed by atoms with Crippen LogP contribution in [0.2, 0.25) is 5.02 Å². The average Bonchev–Trinajstić information content (AvgIpc) is 3.27. The summed E-state index contributed by atoms with van der Waals surface area (Å²) in [6.07, 6.45) is -8.49. The lowest BCUT2D eigenvalue weighted by molar-refractivity contribution is -0.225. The van der Waals surface area contributed by atoms with Crippen molar-refractivity contribution in [2.75, 3.05) is 11.7 Å². The Bertz CT molecular complexity index is 1220. The maximum absolute atomic E-state index is 11.7. The number of fused-ring (bicyclic) bond motifs is 2. The first kappa shape index (κ1) is 21.7. The summed E-state index contributed by atoms with van der Waals surface area (Å²) in [4.78, 5) is 17.7. The molecule has 0 bridgehead atoms. The number of para-hydroxylation sites is 1. The first-order valence-corrected chi connectivity index (χ1v) is 10.4. The van der Waals surface area contributed by atoms with Crippen molar-refractivity contribution in [2.24, 2.45) is 0 Å². The Labute approximate surface area is 192 Å². The molecule has 5 rings (SSSR count). The Hall–Kier alpha value is -3.15. The molecule has 10 nitrogen and oxygen atoms in total. The molecule has 0 radical (unpaired) electrons. The molecular weight excluding hydrogens is 456 g/mol. The lowest BCUT2D eigenvalue weighted by atomic mass is 9.97. The van der Waals surface area contributed by atoms with E-state index >= 15 is 0 Å². The highest BCUT2D eigenvalue weighted by Gasteiger charge is 2.49. The van der Waals surface area contributed by atoms with Gasteiger partial charge in [-0.3, -0.25) is 4.90 Å². The minimum absolute atomic E-state index is 0.0389. The number of pyridine rings is 1. The largest absolute Gasteiger partial charge is 0.479 e. The SMILES string of the molecule is O=C(O)[C@H]1O[C@@H](N(c2ccc3c(c2)OCO3)c2ccc3cccc(Cl)c3n2)[C@H](O)[C@@H](O)[C@@H]1O. The van der Waals surface area contributed by atoms with E-state index in [0.717, 1.165) is 5.39 Å². The zero-order chi connectivity index (χ0) is 23.3. The second-order valence-corrected chi connectivity index (χ2v) is 8.05. The third-order valence-corrected chi connectivity index (χ3v) is 5.93. The van der Waals surface area contributed by atoms with Gasteiger partial charge in [-0.1, -0.05) is 23.7 Å². The number of aliphatic hydroxyl groups is 3. The van der Waals surface area contributed by atoms with Gasteiger partial charge in [0, 0.05) is 17.1 Å². The highest BCUT2D eigenvalue weighted by atomic mass is 35.5. The van der Waals surface area contributed by atoms with Crippen molar-refractivity contribution in [1.82, 2.24) is 4.98 Å². The molecule has 0 aliphatic carbocycles. The van der Waals surface area contributed by atoms with Crippen LogP contribution < -0.4 is 14.4 Å². The van der Waals surface area contributed by atoms with E-state index in [1.165, 1.54) is 4.90 Å². The topological polar surface area (TPSA) is 142 Å². The zero-order valence-corrected chi connectivity index (χ0v) is 17.7. The van der Waals surface area contributed by atoms with Gasteiger partial charge in [-0.15, -0.1) is 0 Å². The van der Waals surface area contributed by atoms with Crippen LogP contribution in [0.1, 0.15) is 0 Å². The maximum atomic E-state index is 11.7. The normalized spacial score (nSPS) is 26.4. The van der Waals surface area contributed by atoms with Gasteiger partial charge in [-0.05, 0) is 30.3 Å². The molecule has 0 saturated carbocycles. The number of rotatable bonds is 4. The molecule has 172 valence electrons. The van der Waals surface area contributed by atoms with Gasteiger partial charge in [-0.25, -0.2) is 9.78 Å². The van der Waals surface area contributed by atoms with E-state index in [-0.39, 0.29) is 12.6 Å². The monoisotopic (exact) mass is 474 g/mol. The first-order valence-electron chi connectivity index (χ1n) is 10.0. The molecule has 1 fully saturated rings. The second-order valence-electron chi connectivity index (χ2n) is 7.65. The summed E-state index contributed by atoms with van der Waals surface area (Å²) >= 11 is 6.33. The van der Waals surface area contributed by atoms with Gasteiger partial charge in [0.2, 0.25) is 6.79 Å². The molecule has 33 heavy (non-hydrogen) atoms. The molecule has 1 aromatic heterocycles. The molecule has 3 heterocycles. The Morgan fingerprint density at radius 2 is 1.79 bits per heavy atom. The average molecular weight is 475 g/mol. The van der Waals surface area contributed by atoms with Crippen molar-refractivity contribution in [1.29, 1.82) is 0 Å². The van der Waals surface area contributed by atoms with E-state index in [4.69, 9.17) is 25.8 Å². The van der Waals surface area contributed by atoms with Crippen LogP contribution in [-0.2, 0) is 9.53 Å². The molecule has 3 aromatic rings. The van der Waals surface area contributed by atoms with Crippen molar-refractivity contribution in [3.8, 4) is 11.5 Å². The highest BCUT2D eigenvalue weighted by molar-refractivity contribution is 6.35. The summed E-state index contributed by atoms with van der Waals surface area (Å²) in [5.74, 6) is -0.293. The summed E-state index contributed by atoms with van der Waals surface area (Å²) in [5, 5.41) is 41.9. The van der Waals surface area contributed by atoms with Gasteiger partial charge >= 0.3 is 5.97 Å². The van der Waals surface area contributed by atoms with Crippen LogP contribution in [0.5, 0.6) is 11.5 Å². The molecule has 1 saturated heterocycles. The zero-order valence-electron chi connectivity index (χ0n) is 16.9. The number of carboxylic acids is 1. The molecule has 2 aliphatic rings. The smallest absolute Gasteiger partial charge is 0.335 e. The second kappa shape index (κ2) is 8.32. The van der Waals surface area contributed by atoms with Gasteiger partial charge < -0.3 is 34.6 Å². The van der Waals surface area contributed by atoms with Crippen LogP contribution in [0.15, 0.2) is 48.5 Å². The van der Waals surface area contributed by atoms with E-state index in [1.807, 2.05) is 6.07 Å². The van der Waals surface area contributed by atoms with Crippen LogP contribution in [0.3, 0.4) is 0 Å². The number of carboxylic acid groups (broad SMARTS) is 1. The fraction of sp³-hybridized carbons (Fsp3) is 0.273. The van der Waals surface area contributed by atoms with Crippen LogP contribution >= 0.6 is 11.6 Å². The van der Waals surface area contributed by atoms with Crippen molar-refractivity contribution in [2.45, 2.75) is 30.6 Å². The molecule has 5 atom stereocenters. The molecule has 2 aliphatic heterocycles. The standard InChI is InChI=1S/C22H19ClN2O8/c23-12-3-1-2-10-4-7-15(24-16(10)12)25(11-5-6-13-14(8-11)32-9-31-13)21-19(28)17(26)18(27)20(33-21)22(29)30/h1-8,17-21,26-28H,9H2,(H,29,30)/t17-,18-,19+,20-,21+/m0/s1. The Balaban J connectivity index is 1.66. The first-order chi connectivity index (χ1) is 15.8. The molecule has 4 N–H and O–H groups in total. The van der Waals surface area contributed by atoms with Crippen LogP contribution in [0.4, 0.5) is 11.5 Å². The fourth-order valence-corrected chi connectivity index (χ4v) is 4.18. The number of hydrogen-bond donors (Lipinski definition) is 4. The Morgan fingerprint density at radius 1 is 1.00 bits per heavy atom. The van der Waals surface area contributed by atoms with Crippen LogP contribution in [-0.4, -0.2) is 68.8 Å². The predicted molar refractivity (Wildman–Crippen MR) is 116 cm³/mol. The number of halogens is 1. The van der Waals surface area contributed by atoms with Gasteiger partial charge in [0.25, 0.3) is 0 Å². The number of aliphatic hydroxyl groups excluding tert-OH is 3. The van der Waals surface area contributed by atoms with E-state index in [9.17, 15) is 25.2 Å². The van der Waals surface area contributed by atoms with Crippen molar-refractivity contribution >= 4 is 40.0 Å². The molecular formula is C22H19ClN2O8. The molecule has 0 amide bonds. The summed E-state index contributed by atoms with van der Waals surface area (Å²) in [6.45, 7) is 0.0389. The van der Waals surface area contributed by atoms with Gasteiger partial charge in [0.1, 0.15) is 24.1 Å². The maximum Gasteiger partial charge on any atom is 0.335 e. The Morgan fingerprint density at radius 3 is 2.58 bits per heavy atom. The van der Waals surface area contributed by atoms with E-state index in [0.29, 0.717) is 27.7 Å². The number of nitrogens with zero attached hydrogens (tertiary/aromatic N) is 2. The van der Waals surface area contributed by atoms with Crippen LogP contribution in [0.25, 0.3) is 10.9 Å². The van der Waals surface area contributed by atoms with E-state index < -0.39 is 36.6 Å². The molecule has 0 spiro atoms. The predicted octanol–water partition coefficient (Wildman–Crippen LogP) is 1.65. The van der Waals surface area contributed by atoms with E-state index in [2.05, 4.69) is 4.98 Å². The van der Waals surface area contributed by atoms with Gasteiger partial charge in [0.05, 0.1) is 10.5 Å². The number of hydrogen-bond acceptors (Lipinski definition) is 9. The van der Waals surface area contributed by atoms with Crippen molar-refractivity contribution in [3.63, 3.8) is 0 Å². The summed E-state index contributed by atoms with van der Waals surface area (Å²) < 4.78 is 16.4. The lowest BCUT2D eigenvalue weighted by Crippen LogP contribution is -2.63. The van der Waals surface area contributed by atoms with E-state index in [1.54, 1.807) is 42.5 Å². The van der Waals surface area contributed by atoms with Gasteiger partial charge in [-0.2, -0.15) is 0 Å². The summed E-state index contributed by atoms with van der Waals surface area (Å²) in [6, 6.07) is 13.6. The fourth-order valence-electron chi connectivity index (χ4n) is 3.96. The minimum Gasteiger partial charge on any atom is -0.479 e. The number of aromatic nitrogens is 1. The third-order valence-electron chi connectivity index (χ3n) is 5.62. The number of aliphatic carboxylic acids is 1. The lowest BCUT2D eigenvalue weighted by Gasteiger charge is -2.44. The molecule has 2 aromatic carbocycles. The van der Waals surface area contributed by atoms with Gasteiger partial charge in [0.15, 0.2) is 23.8 Å². The van der Waals surface area contributed by atoms with Crippen LogP contribution in [0, 0.1) is 0 Å². The number of benzene rings is 2. The Kier molecular flexibility index (Phi) is 5.47. The summed E-state index contributed by atoms with van der Waals surface area (Å²) in [7, 11) is 0. The summed E-state index contributed by atoms with van der Waals surface area (Å²) in [5.41, 5.74) is 0.887. The quantitative estimate of drug-likeness (QED) is 0.441.